The first-order valence-corrected chi connectivity index (χ1v) is 6.45. The molecule has 2 aromatic carbocycles. The van der Waals surface area contributed by atoms with Gasteiger partial charge in [-0.15, -0.1) is 0 Å². The minimum atomic E-state index is -0.476. The standard InChI is InChI=1S/C14H12BrF2NO/c1-18-8-9-2-5-14(13(17)6-9)19-10-3-4-11(15)12(16)7-10/h2-7,18H,8H2,1H3. The molecule has 0 spiro atoms. The van der Waals surface area contributed by atoms with Crippen molar-refractivity contribution in [1.82, 2.24) is 5.32 Å². The molecule has 1 N–H and O–H groups in total. The van der Waals surface area contributed by atoms with E-state index in [1.807, 2.05) is 0 Å². The summed E-state index contributed by atoms with van der Waals surface area (Å²) in [6.45, 7) is 0.574. The van der Waals surface area contributed by atoms with Gasteiger partial charge in [0.15, 0.2) is 11.6 Å². The maximum atomic E-state index is 13.8. The fourth-order valence-corrected chi connectivity index (χ4v) is 1.86. The van der Waals surface area contributed by atoms with Gasteiger partial charge in [-0.1, -0.05) is 6.07 Å². The lowest BCUT2D eigenvalue weighted by Gasteiger charge is -2.08. The maximum Gasteiger partial charge on any atom is 0.166 e. The molecule has 0 aliphatic rings. The van der Waals surface area contributed by atoms with Crippen LogP contribution >= 0.6 is 15.9 Å². The summed E-state index contributed by atoms with van der Waals surface area (Å²) in [6.07, 6.45) is 0. The molecule has 0 unspecified atom stereocenters. The predicted molar refractivity (Wildman–Crippen MR) is 73.3 cm³/mol. The van der Waals surface area contributed by atoms with Crippen molar-refractivity contribution in [1.29, 1.82) is 0 Å². The first kappa shape index (κ1) is 14.0. The van der Waals surface area contributed by atoms with Crippen LogP contribution in [0.25, 0.3) is 0 Å². The molecule has 0 fully saturated rings. The van der Waals surface area contributed by atoms with Gasteiger partial charge < -0.3 is 10.1 Å². The monoisotopic (exact) mass is 327 g/mol. The Morgan fingerprint density at radius 2 is 1.89 bits per heavy atom. The molecule has 2 nitrogen and oxygen atoms in total. The summed E-state index contributed by atoms with van der Waals surface area (Å²) >= 11 is 3.04. The molecule has 2 rings (SSSR count). The normalized spacial score (nSPS) is 10.5. The Kier molecular flexibility index (Phi) is 4.50. The van der Waals surface area contributed by atoms with Gasteiger partial charge in [0.25, 0.3) is 0 Å². The van der Waals surface area contributed by atoms with Gasteiger partial charge in [-0.2, -0.15) is 0 Å². The zero-order valence-corrected chi connectivity index (χ0v) is 11.8. The second kappa shape index (κ2) is 6.12. The van der Waals surface area contributed by atoms with E-state index in [4.69, 9.17) is 4.74 Å². The predicted octanol–water partition coefficient (Wildman–Crippen LogP) is 4.24. The second-order valence-electron chi connectivity index (χ2n) is 3.97. The Morgan fingerprint density at radius 3 is 2.53 bits per heavy atom. The topological polar surface area (TPSA) is 21.3 Å². The van der Waals surface area contributed by atoms with Gasteiger partial charge in [0.1, 0.15) is 11.6 Å². The van der Waals surface area contributed by atoms with Crippen LogP contribution < -0.4 is 10.1 Å². The summed E-state index contributed by atoms with van der Waals surface area (Å²) in [5.41, 5.74) is 0.814. The summed E-state index contributed by atoms with van der Waals surface area (Å²) in [6, 6.07) is 8.95. The van der Waals surface area contributed by atoms with Gasteiger partial charge in [-0.3, -0.25) is 0 Å². The van der Waals surface area contributed by atoms with Crippen LogP contribution in [0.5, 0.6) is 11.5 Å². The van der Waals surface area contributed by atoms with Crippen LogP contribution in [0.1, 0.15) is 5.56 Å². The lowest BCUT2D eigenvalue weighted by Crippen LogP contribution is -2.05. The number of rotatable bonds is 4. The molecule has 19 heavy (non-hydrogen) atoms. The highest BCUT2D eigenvalue weighted by Crippen LogP contribution is 2.27. The van der Waals surface area contributed by atoms with Gasteiger partial charge in [-0.05, 0) is 52.8 Å². The first-order valence-electron chi connectivity index (χ1n) is 5.66. The molecular weight excluding hydrogens is 316 g/mol. The highest BCUT2D eigenvalue weighted by atomic mass is 79.9. The van der Waals surface area contributed by atoms with Crippen molar-refractivity contribution in [3.63, 3.8) is 0 Å². The molecule has 0 heterocycles. The van der Waals surface area contributed by atoms with E-state index in [2.05, 4.69) is 21.2 Å². The van der Waals surface area contributed by atoms with Crippen molar-refractivity contribution in [3.8, 4) is 11.5 Å². The fraction of sp³-hybridized carbons (Fsp3) is 0.143. The van der Waals surface area contributed by atoms with E-state index in [0.717, 1.165) is 5.56 Å². The fourth-order valence-electron chi connectivity index (χ4n) is 1.61. The summed E-state index contributed by atoms with van der Waals surface area (Å²) in [7, 11) is 1.78. The van der Waals surface area contributed by atoms with Crippen LogP contribution in [-0.4, -0.2) is 7.05 Å². The average molecular weight is 328 g/mol. The first-order chi connectivity index (χ1) is 9.10. The van der Waals surface area contributed by atoms with Crippen molar-refractivity contribution in [3.05, 3.63) is 58.1 Å². The average Bonchev–Trinajstić information content (AvgIpc) is 2.37. The van der Waals surface area contributed by atoms with Crippen molar-refractivity contribution in [2.45, 2.75) is 6.54 Å². The summed E-state index contributed by atoms with van der Waals surface area (Å²) in [5, 5.41) is 2.93. The highest BCUT2D eigenvalue weighted by Gasteiger charge is 2.07. The third-order valence-corrected chi connectivity index (χ3v) is 3.14. The number of benzene rings is 2. The maximum absolute atomic E-state index is 13.8. The van der Waals surface area contributed by atoms with Crippen LogP contribution in [0, 0.1) is 11.6 Å². The van der Waals surface area contributed by atoms with E-state index in [1.54, 1.807) is 19.2 Å². The molecule has 0 aliphatic heterocycles. The molecule has 0 radical (unpaired) electrons. The molecule has 5 heteroatoms. The van der Waals surface area contributed by atoms with E-state index in [0.29, 0.717) is 11.0 Å². The van der Waals surface area contributed by atoms with Crippen LogP contribution in [0.3, 0.4) is 0 Å². The smallest absolute Gasteiger partial charge is 0.166 e. The van der Waals surface area contributed by atoms with Crippen molar-refractivity contribution in [2.75, 3.05) is 7.05 Å². The Balaban J connectivity index is 2.20. The van der Waals surface area contributed by atoms with Crippen LogP contribution in [-0.2, 0) is 6.54 Å². The second-order valence-corrected chi connectivity index (χ2v) is 4.83. The van der Waals surface area contributed by atoms with E-state index in [1.165, 1.54) is 24.3 Å². The minimum absolute atomic E-state index is 0.0709. The molecule has 100 valence electrons. The van der Waals surface area contributed by atoms with Crippen LogP contribution in [0.15, 0.2) is 40.9 Å². The molecular formula is C14H12BrF2NO. The SMILES string of the molecule is CNCc1ccc(Oc2ccc(Br)c(F)c2)c(F)c1. The third kappa shape index (κ3) is 3.52. The third-order valence-electron chi connectivity index (χ3n) is 2.50. The molecule has 0 bridgehead atoms. The number of ether oxygens (including phenoxy) is 1. The van der Waals surface area contributed by atoms with E-state index in [-0.39, 0.29) is 11.5 Å². The summed E-state index contributed by atoms with van der Waals surface area (Å²) in [4.78, 5) is 0. The van der Waals surface area contributed by atoms with Gasteiger partial charge in [0.2, 0.25) is 0 Å². The van der Waals surface area contributed by atoms with Crippen molar-refractivity contribution >= 4 is 15.9 Å². The quantitative estimate of drug-likeness (QED) is 0.906. The molecule has 0 atom stereocenters. The van der Waals surface area contributed by atoms with Gasteiger partial charge in [-0.25, -0.2) is 8.78 Å². The molecule has 0 saturated heterocycles. The molecule has 0 amide bonds. The van der Waals surface area contributed by atoms with Crippen molar-refractivity contribution in [2.24, 2.45) is 0 Å². The van der Waals surface area contributed by atoms with Gasteiger partial charge in [0.05, 0.1) is 4.47 Å². The molecule has 2 aromatic rings. The molecule has 0 aliphatic carbocycles. The lowest BCUT2D eigenvalue weighted by molar-refractivity contribution is 0.437. The highest BCUT2D eigenvalue weighted by molar-refractivity contribution is 9.10. The minimum Gasteiger partial charge on any atom is -0.454 e. The van der Waals surface area contributed by atoms with E-state index < -0.39 is 11.6 Å². The Bertz CT molecular complexity index is 590. The summed E-state index contributed by atoms with van der Waals surface area (Å²) in [5.74, 6) is -0.608. The number of halogens is 3. The van der Waals surface area contributed by atoms with E-state index >= 15 is 0 Å². The Labute approximate surface area is 118 Å². The van der Waals surface area contributed by atoms with Gasteiger partial charge in [0, 0.05) is 12.6 Å². The lowest BCUT2D eigenvalue weighted by atomic mass is 10.2. The van der Waals surface area contributed by atoms with Crippen LogP contribution in [0.4, 0.5) is 8.78 Å². The van der Waals surface area contributed by atoms with Crippen LogP contribution in [0.2, 0.25) is 0 Å². The van der Waals surface area contributed by atoms with Crippen molar-refractivity contribution < 1.29 is 13.5 Å². The Morgan fingerprint density at radius 1 is 1.11 bits per heavy atom. The Hall–Kier alpha value is -1.46. The number of hydrogen-bond acceptors (Lipinski definition) is 2. The molecule has 0 saturated carbocycles. The number of nitrogens with one attached hydrogen (secondary N) is 1. The zero-order chi connectivity index (χ0) is 13.8. The largest absolute Gasteiger partial charge is 0.454 e. The summed E-state index contributed by atoms with van der Waals surface area (Å²) < 4.78 is 32.8. The molecule has 0 aromatic heterocycles. The van der Waals surface area contributed by atoms with E-state index in [9.17, 15) is 8.78 Å². The van der Waals surface area contributed by atoms with Gasteiger partial charge >= 0.3 is 0 Å². The zero-order valence-electron chi connectivity index (χ0n) is 10.2. The number of hydrogen-bond donors (Lipinski definition) is 1.